The number of aromatic nitrogens is 1. The lowest BCUT2D eigenvalue weighted by molar-refractivity contribution is -0.141. The molecule has 0 amide bonds. The summed E-state index contributed by atoms with van der Waals surface area (Å²) in [6, 6.07) is 0.276. The second-order valence-electron chi connectivity index (χ2n) is 4.19. The van der Waals surface area contributed by atoms with E-state index in [4.69, 9.17) is 16.7 Å². The lowest BCUT2D eigenvalue weighted by Crippen LogP contribution is -2.16. The third-order valence-corrected chi connectivity index (χ3v) is 3.64. The van der Waals surface area contributed by atoms with E-state index in [0.717, 1.165) is 18.0 Å². The zero-order valence-electron chi connectivity index (χ0n) is 9.94. The third kappa shape index (κ3) is 5.37. The van der Waals surface area contributed by atoms with E-state index in [2.05, 4.69) is 17.2 Å². The highest BCUT2D eigenvalue weighted by molar-refractivity contribution is 7.14. The lowest BCUT2D eigenvalue weighted by atomic mass is 10.0. The van der Waals surface area contributed by atoms with Gasteiger partial charge in [0.1, 0.15) is 5.15 Å². The van der Waals surface area contributed by atoms with Gasteiger partial charge in [-0.15, -0.1) is 11.3 Å². The number of carbonyl (C=O) groups is 1. The monoisotopic (exact) mass is 276 g/mol. The van der Waals surface area contributed by atoms with Crippen molar-refractivity contribution in [1.29, 1.82) is 0 Å². The molecule has 0 aromatic carbocycles. The number of nitrogens with one attached hydrogen (secondary N) is 1. The van der Waals surface area contributed by atoms with Crippen molar-refractivity contribution in [1.82, 2.24) is 4.98 Å². The smallest absolute Gasteiger partial charge is 0.306 e. The number of thiazole rings is 1. The first kappa shape index (κ1) is 14.3. The number of hydrogen-bond donors (Lipinski definition) is 2. The summed E-state index contributed by atoms with van der Waals surface area (Å²) in [6.07, 6.45) is 2.52. The van der Waals surface area contributed by atoms with Gasteiger partial charge in [-0.05, 0) is 19.8 Å². The van der Waals surface area contributed by atoms with Crippen LogP contribution in [-0.2, 0) is 4.79 Å². The highest BCUT2D eigenvalue weighted by Gasteiger charge is 2.11. The number of rotatable bonds is 7. The summed E-state index contributed by atoms with van der Waals surface area (Å²) in [5.74, 6) is -0.992. The molecule has 96 valence electrons. The van der Waals surface area contributed by atoms with Crippen molar-refractivity contribution in [3.05, 3.63) is 10.5 Å². The summed E-state index contributed by atoms with van der Waals surface area (Å²) in [4.78, 5) is 14.7. The van der Waals surface area contributed by atoms with E-state index < -0.39 is 5.97 Å². The SMILES string of the molecule is CC(CCCC(C)C(=O)O)Nc1nc(Cl)cs1. The van der Waals surface area contributed by atoms with Crippen molar-refractivity contribution in [2.45, 2.75) is 39.2 Å². The van der Waals surface area contributed by atoms with Gasteiger partial charge in [-0.3, -0.25) is 4.79 Å². The van der Waals surface area contributed by atoms with E-state index in [0.29, 0.717) is 11.6 Å². The Bertz CT molecular complexity index is 370. The Morgan fingerprint density at radius 3 is 2.82 bits per heavy atom. The highest BCUT2D eigenvalue weighted by Crippen LogP contribution is 2.20. The molecule has 1 aromatic rings. The zero-order valence-corrected chi connectivity index (χ0v) is 11.5. The number of hydrogen-bond acceptors (Lipinski definition) is 4. The Balaban J connectivity index is 2.21. The Hall–Kier alpha value is -0.810. The van der Waals surface area contributed by atoms with Crippen LogP contribution in [0.25, 0.3) is 0 Å². The topological polar surface area (TPSA) is 62.2 Å². The predicted molar refractivity (Wildman–Crippen MR) is 70.9 cm³/mol. The van der Waals surface area contributed by atoms with Gasteiger partial charge in [0.2, 0.25) is 0 Å². The standard InChI is InChI=1S/C11H17ClN2O2S/c1-7(10(15)16)4-3-5-8(2)13-11-14-9(12)6-17-11/h6-8H,3-5H2,1-2H3,(H,13,14)(H,15,16). The number of carboxylic acids is 1. The van der Waals surface area contributed by atoms with Gasteiger partial charge in [-0.2, -0.15) is 0 Å². The average molecular weight is 277 g/mol. The van der Waals surface area contributed by atoms with Crippen LogP contribution in [0.15, 0.2) is 5.38 Å². The van der Waals surface area contributed by atoms with Crippen LogP contribution in [0.3, 0.4) is 0 Å². The average Bonchev–Trinajstić information content (AvgIpc) is 2.63. The molecule has 1 rings (SSSR count). The molecule has 6 heteroatoms. The van der Waals surface area contributed by atoms with Gasteiger partial charge >= 0.3 is 5.97 Å². The van der Waals surface area contributed by atoms with Crippen LogP contribution in [0.2, 0.25) is 5.15 Å². The summed E-state index contributed by atoms with van der Waals surface area (Å²) < 4.78 is 0. The number of nitrogens with zero attached hydrogens (tertiary/aromatic N) is 1. The molecule has 2 unspecified atom stereocenters. The fraction of sp³-hybridized carbons (Fsp3) is 0.636. The van der Waals surface area contributed by atoms with Gasteiger partial charge < -0.3 is 10.4 Å². The number of aliphatic carboxylic acids is 1. The molecule has 0 saturated heterocycles. The van der Waals surface area contributed by atoms with E-state index in [-0.39, 0.29) is 12.0 Å². The summed E-state index contributed by atoms with van der Waals surface area (Å²) in [6.45, 7) is 3.79. The van der Waals surface area contributed by atoms with Gasteiger partial charge in [-0.25, -0.2) is 4.98 Å². The van der Waals surface area contributed by atoms with Crippen LogP contribution >= 0.6 is 22.9 Å². The summed E-state index contributed by atoms with van der Waals surface area (Å²) in [5.41, 5.74) is 0. The first-order valence-electron chi connectivity index (χ1n) is 5.59. The fourth-order valence-corrected chi connectivity index (χ4v) is 2.41. The Kier molecular flexibility index (Phi) is 5.71. The van der Waals surface area contributed by atoms with Gasteiger partial charge in [0.05, 0.1) is 5.92 Å². The molecular formula is C11H17ClN2O2S. The highest BCUT2D eigenvalue weighted by atomic mass is 35.5. The molecule has 0 saturated carbocycles. The lowest BCUT2D eigenvalue weighted by Gasteiger charge is -2.13. The van der Waals surface area contributed by atoms with E-state index in [1.54, 1.807) is 12.3 Å². The Morgan fingerprint density at radius 1 is 1.59 bits per heavy atom. The molecule has 0 radical (unpaired) electrons. The Labute approximate surface area is 110 Å². The quantitative estimate of drug-likeness (QED) is 0.800. The van der Waals surface area contributed by atoms with Crippen LogP contribution in [0, 0.1) is 5.92 Å². The van der Waals surface area contributed by atoms with Gasteiger partial charge in [0.25, 0.3) is 0 Å². The predicted octanol–water partition coefficient (Wildman–Crippen LogP) is 3.49. The largest absolute Gasteiger partial charge is 0.481 e. The molecule has 0 aliphatic carbocycles. The molecule has 1 aromatic heterocycles. The van der Waals surface area contributed by atoms with Crippen molar-refractivity contribution < 1.29 is 9.90 Å². The zero-order chi connectivity index (χ0) is 12.8. The number of halogens is 1. The molecular weight excluding hydrogens is 260 g/mol. The number of carboxylic acid groups (broad SMARTS) is 1. The van der Waals surface area contributed by atoms with Crippen LogP contribution in [0.1, 0.15) is 33.1 Å². The maximum atomic E-state index is 10.6. The van der Waals surface area contributed by atoms with Gasteiger partial charge in [-0.1, -0.05) is 24.9 Å². The summed E-state index contributed by atoms with van der Waals surface area (Å²) in [7, 11) is 0. The van der Waals surface area contributed by atoms with Crippen molar-refractivity contribution >= 4 is 34.0 Å². The van der Waals surface area contributed by atoms with Crippen LogP contribution in [0.4, 0.5) is 5.13 Å². The molecule has 0 aliphatic rings. The molecule has 2 atom stereocenters. The normalized spacial score (nSPS) is 14.3. The molecule has 2 N–H and O–H groups in total. The maximum Gasteiger partial charge on any atom is 0.306 e. The maximum absolute atomic E-state index is 10.6. The van der Waals surface area contributed by atoms with Crippen LogP contribution in [-0.4, -0.2) is 22.1 Å². The van der Waals surface area contributed by atoms with Crippen molar-refractivity contribution in [2.24, 2.45) is 5.92 Å². The molecule has 0 bridgehead atoms. The summed E-state index contributed by atoms with van der Waals surface area (Å²) >= 11 is 7.19. The number of anilines is 1. The molecule has 1 heterocycles. The molecule has 0 spiro atoms. The van der Waals surface area contributed by atoms with Gasteiger partial charge in [0.15, 0.2) is 5.13 Å². The van der Waals surface area contributed by atoms with Crippen molar-refractivity contribution in [3.8, 4) is 0 Å². The van der Waals surface area contributed by atoms with E-state index >= 15 is 0 Å². The van der Waals surface area contributed by atoms with E-state index in [9.17, 15) is 4.79 Å². The molecule has 0 aliphatic heterocycles. The van der Waals surface area contributed by atoms with E-state index in [1.807, 2.05) is 0 Å². The minimum Gasteiger partial charge on any atom is -0.481 e. The first-order valence-corrected chi connectivity index (χ1v) is 6.85. The van der Waals surface area contributed by atoms with E-state index in [1.165, 1.54) is 11.3 Å². The molecule has 17 heavy (non-hydrogen) atoms. The van der Waals surface area contributed by atoms with Crippen molar-refractivity contribution in [3.63, 3.8) is 0 Å². The molecule has 0 fully saturated rings. The second kappa shape index (κ2) is 6.81. The van der Waals surface area contributed by atoms with Crippen LogP contribution in [0.5, 0.6) is 0 Å². The van der Waals surface area contributed by atoms with Gasteiger partial charge in [0, 0.05) is 11.4 Å². The minimum atomic E-state index is -0.725. The fourth-order valence-electron chi connectivity index (χ4n) is 1.46. The minimum absolute atomic E-state index is 0.267. The van der Waals surface area contributed by atoms with Crippen molar-refractivity contribution in [2.75, 3.05) is 5.32 Å². The summed E-state index contributed by atoms with van der Waals surface area (Å²) in [5, 5.41) is 15.1. The first-order chi connectivity index (χ1) is 7.99. The molecule has 4 nitrogen and oxygen atoms in total. The second-order valence-corrected chi connectivity index (χ2v) is 5.44. The third-order valence-electron chi connectivity index (χ3n) is 2.54. The Morgan fingerprint density at radius 2 is 2.29 bits per heavy atom. The van der Waals surface area contributed by atoms with Crippen LogP contribution < -0.4 is 5.32 Å².